The molecule has 0 heterocycles. The van der Waals surface area contributed by atoms with E-state index in [9.17, 15) is 5.11 Å². The molecule has 0 atom stereocenters. The summed E-state index contributed by atoms with van der Waals surface area (Å²) in [5, 5.41) is 13.2. The van der Waals surface area contributed by atoms with Crippen molar-refractivity contribution in [2.24, 2.45) is 10.7 Å². The SMILES string of the molecule is Cc1cccc(NC(N)=NCC2(O)CCCC2)c1.I. The fourth-order valence-electron chi connectivity index (χ4n) is 2.33. The van der Waals surface area contributed by atoms with Crippen LogP contribution in [0.25, 0.3) is 0 Å². The summed E-state index contributed by atoms with van der Waals surface area (Å²) in [6.45, 7) is 2.41. The van der Waals surface area contributed by atoms with Gasteiger partial charge in [0.15, 0.2) is 5.96 Å². The van der Waals surface area contributed by atoms with Crippen molar-refractivity contribution in [3.63, 3.8) is 0 Å². The Morgan fingerprint density at radius 2 is 2.11 bits per heavy atom. The number of aliphatic imine (C=N–C) groups is 1. The highest BCUT2D eigenvalue weighted by Gasteiger charge is 2.30. The number of anilines is 1. The monoisotopic (exact) mass is 375 g/mol. The summed E-state index contributed by atoms with van der Waals surface area (Å²) >= 11 is 0. The van der Waals surface area contributed by atoms with Crippen molar-refractivity contribution in [3.8, 4) is 0 Å². The second-order valence-corrected chi connectivity index (χ2v) is 5.13. The van der Waals surface area contributed by atoms with Crippen molar-refractivity contribution in [2.75, 3.05) is 11.9 Å². The number of nitrogens with two attached hydrogens (primary N) is 1. The van der Waals surface area contributed by atoms with E-state index < -0.39 is 5.60 Å². The lowest BCUT2D eigenvalue weighted by Gasteiger charge is -2.19. The topological polar surface area (TPSA) is 70.6 Å². The van der Waals surface area contributed by atoms with Crippen molar-refractivity contribution < 1.29 is 5.11 Å². The van der Waals surface area contributed by atoms with Crippen LogP contribution in [0.2, 0.25) is 0 Å². The predicted molar refractivity (Wildman–Crippen MR) is 90.1 cm³/mol. The summed E-state index contributed by atoms with van der Waals surface area (Å²) in [5.74, 6) is 0.362. The smallest absolute Gasteiger partial charge is 0.193 e. The molecule has 0 amide bonds. The van der Waals surface area contributed by atoms with Gasteiger partial charge in [-0.05, 0) is 37.5 Å². The fourth-order valence-corrected chi connectivity index (χ4v) is 2.33. The van der Waals surface area contributed by atoms with E-state index >= 15 is 0 Å². The maximum absolute atomic E-state index is 10.2. The summed E-state index contributed by atoms with van der Waals surface area (Å²) in [4.78, 5) is 4.24. The zero-order valence-electron chi connectivity index (χ0n) is 11.2. The molecule has 106 valence electrons. The number of nitrogens with zero attached hydrogens (tertiary/aromatic N) is 1. The lowest BCUT2D eigenvalue weighted by Crippen LogP contribution is -2.31. The molecule has 5 heteroatoms. The van der Waals surface area contributed by atoms with Gasteiger partial charge in [0.05, 0.1) is 12.1 Å². The van der Waals surface area contributed by atoms with Crippen LogP contribution in [0.5, 0.6) is 0 Å². The number of aryl methyl sites for hydroxylation is 1. The Labute approximate surface area is 131 Å². The normalized spacial score (nSPS) is 17.9. The van der Waals surface area contributed by atoms with Gasteiger partial charge in [-0.15, -0.1) is 24.0 Å². The van der Waals surface area contributed by atoms with E-state index in [0.29, 0.717) is 12.5 Å². The van der Waals surface area contributed by atoms with Crippen molar-refractivity contribution in [2.45, 2.75) is 38.2 Å². The Balaban J connectivity index is 0.00000180. The summed E-state index contributed by atoms with van der Waals surface area (Å²) < 4.78 is 0. The third-order valence-corrected chi connectivity index (χ3v) is 3.37. The summed E-state index contributed by atoms with van der Waals surface area (Å²) in [5.41, 5.74) is 7.27. The van der Waals surface area contributed by atoms with E-state index in [1.165, 1.54) is 5.56 Å². The quantitative estimate of drug-likeness (QED) is 0.432. The molecule has 1 aliphatic rings. The van der Waals surface area contributed by atoms with Gasteiger partial charge >= 0.3 is 0 Å². The molecule has 1 aromatic carbocycles. The standard InChI is InChI=1S/C14H21N3O.HI/c1-11-5-4-6-12(9-11)17-13(15)16-10-14(18)7-2-3-8-14;/h4-6,9,18H,2-3,7-8,10H2,1H3,(H3,15,16,17);1H. The van der Waals surface area contributed by atoms with E-state index in [1.54, 1.807) is 0 Å². The lowest BCUT2D eigenvalue weighted by molar-refractivity contribution is 0.0575. The van der Waals surface area contributed by atoms with E-state index in [1.807, 2.05) is 31.2 Å². The molecule has 0 saturated heterocycles. The fraction of sp³-hybridized carbons (Fsp3) is 0.500. The third-order valence-electron chi connectivity index (χ3n) is 3.37. The Hall–Kier alpha value is -0.820. The van der Waals surface area contributed by atoms with Crippen LogP contribution in [0.15, 0.2) is 29.3 Å². The molecule has 4 N–H and O–H groups in total. The highest BCUT2D eigenvalue weighted by Crippen LogP contribution is 2.29. The Morgan fingerprint density at radius 3 is 2.74 bits per heavy atom. The van der Waals surface area contributed by atoms with Gasteiger partial charge in [-0.2, -0.15) is 0 Å². The molecule has 0 aromatic heterocycles. The van der Waals surface area contributed by atoms with Gasteiger partial charge in [0.2, 0.25) is 0 Å². The molecule has 1 fully saturated rings. The molecule has 1 aliphatic carbocycles. The first-order valence-electron chi connectivity index (χ1n) is 6.43. The molecule has 19 heavy (non-hydrogen) atoms. The average Bonchev–Trinajstić information content (AvgIpc) is 2.74. The highest BCUT2D eigenvalue weighted by molar-refractivity contribution is 14.0. The number of hydrogen-bond donors (Lipinski definition) is 3. The van der Waals surface area contributed by atoms with Crippen molar-refractivity contribution in [1.82, 2.24) is 0 Å². The van der Waals surface area contributed by atoms with Crippen LogP contribution in [0.1, 0.15) is 31.2 Å². The van der Waals surface area contributed by atoms with Gasteiger partial charge in [-0.1, -0.05) is 25.0 Å². The highest BCUT2D eigenvalue weighted by atomic mass is 127. The van der Waals surface area contributed by atoms with Crippen LogP contribution in [0.4, 0.5) is 5.69 Å². The molecule has 0 spiro atoms. The third kappa shape index (κ3) is 4.99. The van der Waals surface area contributed by atoms with Gasteiger partial charge < -0.3 is 16.2 Å². The first-order chi connectivity index (χ1) is 8.57. The maximum atomic E-state index is 10.2. The number of halogens is 1. The summed E-state index contributed by atoms with van der Waals surface area (Å²) in [6.07, 6.45) is 3.82. The minimum atomic E-state index is -0.640. The average molecular weight is 375 g/mol. The van der Waals surface area contributed by atoms with Crippen LogP contribution in [0.3, 0.4) is 0 Å². The first kappa shape index (κ1) is 16.2. The molecular weight excluding hydrogens is 353 g/mol. The predicted octanol–water partition coefficient (Wildman–Crippen LogP) is 2.64. The van der Waals surface area contributed by atoms with E-state index in [4.69, 9.17) is 5.73 Å². The molecular formula is C14H22IN3O. The largest absolute Gasteiger partial charge is 0.388 e. The van der Waals surface area contributed by atoms with Gasteiger partial charge in [0.25, 0.3) is 0 Å². The molecule has 4 nitrogen and oxygen atoms in total. The number of rotatable bonds is 3. The van der Waals surface area contributed by atoms with E-state index in [-0.39, 0.29) is 24.0 Å². The first-order valence-corrected chi connectivity index (χ1v) is 6.43. The van der Waals surface area contributed by atoms with Crippen molar-refractivity contribution in [1.29, 1.82) is 0 Å². The Kier molecular flexibility index (Phi) is 6.06. The zero-order chi connectivity index (χ0) is 13.0. The number of nitrogens with one attached hydrogen (secondary N) is 1. The van der Waals surface area contributed by atoms with Crippen LogP contribution >= 0.6 is 24.0 Å². The van der Waals surface area contributed by atoms with Gasteiger partial charge in [-0.25, -0.2) is 0 Å². The second-order valence-electron chi connectivity index (χ2n) is 5.13. The molecule has 1 aromatic rings. The van der Waals surface area contributed by atoms with Crippen molar-refractivity contribution >= 4 is 35.6 Å². The number of guanidine groups is 1. The number of benzene rings is 1. The van der Waals surface area contributed by atoms with Crippen molar-refractivity contribution in [3.05, 3.63) is 29.8 Å². The molecule has 0 bridgehead atoms. The number of aliphatic hydroxyl groups is 1. The zero-order valence-corrected chi connectivity index (χ0v) is 13.6. The van der Waals surface area contributed by atoms with Gasteiger partial charge in [-0.3, -0.25) is 4.99 Å². The molecule has 1 saturated carbocycles. The van der Waals surface area contributed by atoms with Crippen LogP contribution in [0, 0.1) is 6.92 Å². The molecule has 2 rings (SSSR count). The van der Waals surface area contributed by atoms with Gasteiger partial charge in [0.1, 0.15) is 0 Å². The lowest BCUT2D eigenvalue weighted by atomic mass is 10.0. The van der Waals surface area contributed by atoms with Crippen LogP contribution < -0.4 is 11.1 Å². The molecule has 0 unspecified atom stereocenters. The summed E-state index contributed by atoms with van der Waals surface area (Å²) in [6, 6.07) is 7.95. The van der Waals surface area contributed by atoms with Gasteiger partial charge in [0, 0.05) is 5.69 Å². The minimum Gasteiger partial charge on any atom is -0.388 e. The second kappa shape index (κ2) is 7.09. The van der Waals surface area contributed by atoms with Crippen LogP contribution in [-0.4, -0.2) is 23.2 Å². The Morgan fingerprint density at radius 1 is 1.42 bits per heavy atom. The minimum absolute atomic E-state index is 0. The summed E-state index contributed by atoms with van der Waals surface area (Å²) in [7, 11) is 0. The molecule has 0 radical (unpaired) electrons. The molecule has 0 aliphatic heterocycles. The number of hydrogen-bond acceptors (Lipinski definition) is 2. The van der Waals surface area contributed by atoms with E-state index in [2.05, 4.69) is 10.3 Å². The van der Waals surface area contributed by atoms with Crippen LogP contribution in [-0.2, 0) is 0 Å². The Bertz CT molecular complexity index is 442. The van der Waals surface area contributed by atoms with E-state index in [0.717, 1.165) is 31.4 Å². The maximum Gasteiger partial charge on any atom is 0.193 e.